The van der Waals surface area contributed by atoms with Crippen LogP contribution in [0, 0.1) is 5.41 Å². The molecule has 78 valence electrons. The van der Waals surface area contributed by atoms with Crippen LogP contribution in [0.25, 0.3) is 0 Å². The summed E-state index contributed by atoms with van der Waals surface area (Å²) < 4.78 is 5.83. The molecule has 1 heterocycles. The Labute approximate surface area is 94.0 Å². The summed E-state index contributed by atoms with van der Waals surface area (Å²) in [4.78, 5) is 1.29. The van der Waals surface area contributed by atoms with Crippen molar-refractivity contribution < 1.29 is 4.74 Å². The highest BCUT2D eigenvalue weighted by atomic mass is 35.5. The van der Waals surface area contributed by atoms with Crippen LogP contribution < -0.4 is 0 Å². The highest BCUT2D eigenvalue weighted by Crippen LogP contribution is 2.46. The summed E-state index contributed by atoms with van der Waals surface area (Å²) in [6, 6.07) is 4.16. The van der Waals surface area contributed by atoms with Crippen molar-refractivity contribution in [2.45, 2.75) is 38.4 Å². The first kappa shape index (κ1) is 10.5. The van der Waals surface area contributed by atoms with Gasteiger partial charge in [0.2, 0.25) is 0 Å². The molecule has 1 aromatic heterocycles. The molecular formula is C11H15ClOS. The fourth-order valence-electron chi connectivity index (χ4n) is 1.70. The maximum Gasteiger partial charge on any atom is 0.0813 e. The van der Waals surface area contributed by atoms with Gasteiger partial charge in [-0.25, -0.2) is 0 Å². The zero-order chi connectivity index (χ0) is 10.2. The number of rotatable bonds is 3. The van der Waals surface area contributed by atoms with Crippen LogP contribution in [0.4, 0.5) is 0 Å². The molecule has 1 fully saturated rings. The highest BCUT2D eigenvalue weighted by molar-refractivity contribution is 7.09. The van der Waals surface area contributed by atoms with Gasteiger partial charge in [0.05, 0.1) is 12.7 Å². The fraction of sp³-hybridized carbons (Fsp3) is 0.636. The molecule has 0 spiro atoms. The van der Waals surface area contributed by atoms with Gasteiger partial charge >= 0.3 is 0 Å². The second-order valence-electron chi connectivity index (χ2n) is 4.40. The van der Waals surface area contributed by atoms with Gasteiger partial charge in [-0.3, -0.25) is 0 Å². The van der Waals surface area contributed by atoms with Crippen molar-refractivity contribution in [3.63, 3.8) is 0 Å². The summed E-state index contributed by atoms with van der Waals surface area (Å²) in [6.45, 7) is 5.08. The lowest BCUT2D eigenvalue weighted by molar-refractivity contribution is -0.0959. The third kappa shape index (κ3) is 1.83. The Bertz CT molecular complexity index is 294. The SMILES string of the molecule is CC1(C)C(Cl)CC1OCc1cccs1. The highest BCUT2D eigenvalue weighted by Gasteiger charge is 2.47. The molecule has 14 heavy (non-hydrogen) atoms. The topological polar surface area (TPSA) is 9.23 Å². The molecule has 0 N–H and O–H groups in total. The van der Waals surface area contributed by atoms with Crippen molar-refractivity contribution in [3.8, 4) is 0 Å². The molecule has 2 rings (SSSR count). The summed E-state index contributed by atoms with van der Waals surface area (Å²) in [7, 11) is 0. The number of thiophene rings is 1. The summed E-state index contributed by atoms with van der Waals surface area (Å²) in [6.07, 6.45) is 1.31. The van der Waals surface area contributed by atoms with E-state index in [0.717, 1.165) is 13.0 Å². The van der Waals surface area contributed by atoms with E-state index in [0.29, 0.717) is 6.10 Å². The van der Waals surface area contributed by atoms with Crippen LogP contribution in [0.2, 0.25) is 0 Å². The Morgan fingerprint density at radius 1 is 1.64 bits per heavy atom. The minimum atomic E-state index is 0.138. The minimum Gasteiger partial charge on any atom is -0.372 e. The van der Waals surface area contributed by atoms with Crippen molar-refractivity contribution in [1.29, 1.82) is 0 Å². The van der Waals surface area contributed by atoms with E-state index in [1.807, 2.05) is 0 Å². The van der Waals surface area contributed by atoms with Crippen LogP contribution >= 0.6 is 22.9 Å². The Kier molecular flexibility index (Phi) is 2.87. The number of alkyl halides is 1. The first-order valence-corrected chi connectivity index (χ1v) is 6.20. The Morgan fingerprint density at radius 3 is 2.93 bits per heavy atom. The predicted octanol–water partition coefficient (Wildman–Crippen LogP) is 3.67. The monoisotopic (exact) mass is 230 g/mol. The second-order valence-corrected chi connectivity index (χ2v) is 5.96. The maximum absolute atomic E-state index is 6.12. The van der Waals surface area contributed by atoms with Gasteiger partial charge in [-0.05, 0) is 17.9 Å². The van der Waals surface area contributed by atoms with Gasteiger partial charge < -0.3 is 4.74 Å². The molecular weight excluding hydrogens is 216 g/mol. The standard InChI is InChI=1S/C11H15ClOS/c1-11(2)9(12)6-10(11)13-7-8-4-3-5-14-8/h3-5,9-10H,6-7H2,1-2H3. The second kappa shape index (κ2) is 3.84. The van der Waals surface area contributed by atoms with Crippen molar-refractivity contribution in [1.82, 2.24) is 0 Å². The molecule has 1 aromatic rings. The lowest BCUT2D eigenvalue weighted by Gasteiger charge is -2.48. The fourth-order valence-corrected chi connectivity index (χ4v) is 2.62. The van der Waals surface area contributed by atoms with Crippen LogP contribution in [0.5, 0.6) is 0 Å². The van der Waals surface area contributed by atoms with Gasteiger partial charge in [0.15, 0.2) is 0 Å². The van der Waals surface area contributed by atoms with Crippen LogP contribution in [0.3, 0.4) is 0 Å². The lowest BCUT2D eigenvalue weighted by Crippen LogP contribution is -2.51. The molecule has 1 saturated carbocycles. The third-order valence-electron chi connectivity index (χ3n) is 3.07. The molecule has 1 aliphatic carbocycles. The van der Waals surface area contributed by atoms with E-state index in [1.165, 1.54) is 4.88 Å². The van der Waals surface area contributed by atoms with E-state index >= 15 is 0 Å². The zero-order valence-electron chi connectivity index (χ0n) is 8.50. The quantitative estimate of drug-likeness (QED) is 0.720. The van der Waals surface area contributed by atoms with E-state index in [-0.39, 0.29) is 10.8 Å². The molecule has 0 aliphatic heterocycles. The predicted molar refractivity (Wildman–Crippen MR) is 60.9 cm³/mol. The lowest BCUT2D eigenvalue weighted by atomic mass is 9.68. The smallest absolute Gasteiger partial charge is 0.0813 e. The van der Waals surface area contributed by atoms with Crippen LogP contribution in [0.15, 0.2) is 17.5 Å². The molecule has 0 amide bonds. The van der Waals surface area contributed by atoms with E-state index in [2.05, 4.69) is 31.4 Å². The molecule has 2 atom stereocenters. The van der Waals surface area contributed by atoms with Crippen molar-refractivity contribution >= 4 is 22.9 Å². The molecule has 0 radical (unpaired) electrons. The van der Waals surface area contributed by atoms with Crippen LogP contribution in [0.1, 0.15) is 25.1 Å². The van der Waals surface area contributed by atoms with Gasteiger partial charge in [0.25, 0.3) is 0 Å². The summed E-state index contributed by atoms with van der Waals surface area (Å²) in [5, 5.41) is 2.35. The number of hydrogen-bond acceptors (Lipinski definition) is 2. The maximum atomic E-state index is 6.12. The average molecular weight is 231 g/mol. The van der Waals surface area contributed by atoms with Gasteiger partial charge in [-0.1, -0.05) is 19.9 Å². The van der Waals surface area contributed by atoms with Crippen molar-refractivity contribution in [3.05, 3.63) is 22.4 Å². The summed E-state index contributed by atoms with van der Waals surface area (Å²) in [5.41, 5.74) is 0.138. The van der Waals surface area contributed by atoms with E-state index in [1.54, 1.807) is 11.3 Å². The first-order valence-electron chi connectivity index (χ1n) is 4.89. The normalized spacial score (nSPS) is 29.9. The Balaban J connectivity index is 1.83. The molecule has 0 bridgehead atoms. The van der Waals surface area contributed by atoms with Gasteiger partial charge in [-0.15, -0.1) is 22.9 Å². The van der Waals surface area contributed by atoms with E-state index in [4.69, 9.17) is 16.3 Å². The number of ether oxygens (including phenoxy) is 1. The molecule has 0 saturated heterocycles. The third-order valence-corrected chi connectivity index (χ3v) is 4.66. The van der Waals surface area contributed by atoms with Crippen molar-refractivity contribution in [2.24, 2.45) is 5.41 Å². The van der Waals surface area contributed by atoms with Gasteiger partial charge in [-0.2, -0.15) is 0 Å². The molecule has 0 aromatic carbocycles. The molecule has 1 aliphatic rings. The van der Waals surface area contributed by atoms with Crippen LogP contribution in [-0.4, -0.2) is 11.5 Å². The van der Waals surface area contributed by atoms with Gasteiger partial charge in [0, 0.05) is 15.7 Å². The number of halogens is 1. The molecule has 2 unspecified atom stereocenters. The van der Waals surface area contributed by atoms with Gasteiger partial charge in [0.1, 0.15) is 0 Å². The molecule has 1 nitrogen and oxygen atoms in total. The summed E-state index contributed by atoms with van der Waals surface area (Å²) >= 11 is 7.86. The summed E-state index contributed by atoms with van der Waals surface area (Å²) in [5.74, 6) is 0. The average Bonchev–Trinajstić information content (AvgIpc) is 2.64. The number of hydrogen-bond donors (Lipinski definition) is 0. The van der Waals surface area contributed by atoms with Crippen LogP contribution in [-0.2, 0) is 11.3 Å². The van der Waals surface area contributed by atoms with Crippen molar-refractivity contribution in [2.75, 3.05) is 0 Å². The zero-order valence-corrected chi connectivity index (χ0v) is 10.1. The Morgan fingerprint density at radius 2 is 2.43 bits per heavy atom. The minimum absolute atomic E-state index is 0.138. The van der Waals surface area contributed by atoms with E-state index < -0.39 is 0 Å². The van der Waals surface area contributed by atoms with E-state index in [9.17, 15) is 0 Å². The first-order chi connectivity index (χ1) is 6.60. The molecule has 3 heteroatoms. The largest absolute Gasteiger partial charge is 0.372 e. The Hall–Kier alpha value is -0.0500.